The molecule has 1 atom stereocenters. The van der Waals surface area contributed by atoms with Gasteiger partial charge in [-0.25, -0.2) is 0 Å². The first-order valence-corrected chi connectivity index (χ1v) is 4.04. The quantitative estimate of drug-likeness (QED) is 0.384. The molecule has 0 aliphatic rings. The summed E-state index contributed by atoms with van der Waals surface area (Å²) >= 11 is -2.36. The second-order valence-electron chi connectivity index (χ2n) is 1.86. The Bertz CT molecular complexity index is 245. The summed E-state index contributed by atoms with van der Waals surface area (Å²) in [6, 6.07) is 6.50. The smallest absolute Gasteiger partial charge is 0.117 e. The normalized spacial score (nSPS) is 11.2. The van der Waals surface area contributed by atoms with Crippen LogP contribution in [0.5, 0.6) is 5.75 Å². The van der Waals surface area contributed by atoms with E-state index < -0.39 is 11.3 Å². The fraction of sp³-hybridized carbons (Fsp3) is 0. The van der Waals surface area contributed by atoms with E-state index in [2.05, 4.69) is 5.14 Å². The van der Waals surface area contributed by atoms with Gasteiger partial charge in [-0.05, 0) is 12.1 Å². The molecule has 1 aromatic rings. The number of hydrogen-bond acceptors (Lipinski definition) is 4. The molecule has 0 radical (unpaired) electrons. The van der Waals surface area contributed by atoms with Crippen LogP contribution in [0.2, 0.25) is 0 Å². The lowest BCUT2D eigenvalue weighted by Gasteiger charge is -1.90. The zero-order chi connectivity index (χ0) is 9.56. The lowest BCUT2D eigenvalue weighted by molar-refractivity contribution is 0.475. The summed E-state index contributed by atoms with van der Waals surface area (Å²) in [5.74, 6) is 0.213. The van der Waals surface area contributed by atoms with E-state index in [1.165, 1.54) is 6.07 Å². The first-order valence-electron chi connectivity index (χ1n) is 2.90. The van der Waals surface area contributed by atoms with Crippen molar-refractivity contribution in [1.29, 1.82) is 0 Å². The minimum absolute atomic E-state index is 0.213. The second kappa shape index (κ2) is 5.53. The minimum atomic E-state index is -2.36. The Morgan fingerprint density at radius 1 is 1.50 bits per heavy atom. The van der Waals surface area contributed by atoms with Crippen LogP contribution in [0.1, 0.15) is 0 Å². The van der Waals surface area contributed by atoms with Gasteiger partial charge in [0.2, 0.25) is 0 Å². The minimum Gasteiger partial charge on any atom is -0.760 e. The van der Waals surface area contributed by atoms with Crippen molar-refractivity contribution in [3.63, 3.8) is 0 Å². The van der Waals surface area contributed by atoms with Gasteiger partial charge in [0, 0.05) is 23.0 Å². The molecule has 0 aromatic heterocycles. The highest BCUT2D eigenvalue weighted by molar-refractivity contribution is 7.76. The van der Waals surface area contributed by atoms with Crippen LogP contribution < -0.4 is 10.9 Å². The molecule has 5 N–H and O–H groups in total. The number of phenolic OH excluding ortho intramolecular Hbond substituents is 1. The van der Waals surface area contributed by atoms with Gasteiger partial charge in [-0.3, -0.25) is 9.35 Å². The summed E-state index contributed by atoms with van der Waals surface area (Å²) in [5, 5.41) is 12.8. The van der Waals surface area contributed by atoms with E-state index in [-0.39, 0.29) is 5.75 Å². The number of aromatic hydroxyl groups is 1. The molecule has 6 heteroatoms. The third kappa shape index (κ3) is 7.00. The Balaban J connectivity index is 0.000000261. The van der Waals surface area contributed by atoms with Crippen LogP contribution in [0.25, 0.3) is 0 Å². The molecule has 0 amide bonds. The lowest BCUT2D eigenvalue weighted by Crippen LogP contribution is -1.97. The predicted molar refractivity (Wildman–Crippen MR) is 45.6 cm³/mol. The molecule has 0 bridgehead atoms. The van der Waals surface area contributed by atoms with Gasteiger partial charge in [-0.1, -0.05) is 6.07 Å². The highest BCUT2D eigenvalue weighted by Crippen LogP contribution is 2.10. The van der Waals surface area contributed by atoms with Crippen molar-refractivity contribution in [3.8, 4) is 5.75 Å². The Kier molecular flexibility index (Phi) is 5.02. The van der Waals surface area contributed by atoms with E-state index in [4.69, 9.17) is 19.6 Å². The van der Waals surface area contributed by atoms with Crippen LogP contribution in [0.4, 0.5) is 5.69 Å². The summed E-state index contributed by atoms with van der Waals surface area (Å²) in [4.78, 5) is 0. The van der Waals surface area contributed by atoms with Gasteiger partial charge in [0.05, 0.1) is 0 Å². The Labute approximate surface area is 72.4 Å². The van der Waals surface area contributed by atoms with Crippen LogP contribution in [-0.2, 0) is 11.3 Å². The predicted octanol–water partition coefficient (Wildman–Crippen LogP) is -0.286. The van der Waals surface area contributed by atoms with Crippen LogP contribution in [0.15, 0.2) is 24.3 Å². The summed E-state index contributed by atoms with van der Waals surface area (Å²) in [5.41, 5.74) is 5.89. The van der Waals surface area contributed by atoms with Gasteiger partial charge < -0.3 is 15.4 Å². The molecule has 5 nitrogen and oxygen atoms in total. The molecule has 0 aliphatic heterocycles. The Hall–Kier alpha value is -1.11. The van der Waals surface area contributed by atoms with Gasteiger partial charge in [-0.15, -0.1) is 0 Å². The number of rotatable bonds is 0. The van der Waals surface area contributed by atoms with Crippen LogP contribution in [0.3, 0.4) is 0 Å². The maximum Gasteiger partial charge on any atom is 0.117 e. The van der Waals surface area contributed by atoms with E-state index in [1.807, 2.05) is 0 Å². The number of nitrogens with two attached hydrogens (primary N) is 2. The van der Waals surface area contributed by atoms with Gasteiger partial charge in [-0.2, -0.15) is 0 Å². The molecule has 1 aromatic carbocycles. The fourth-order valence-electron chi connectivity index (χ4n) is 0.525. The number of nitrogen functional groups attached to an aromatic ring is 1. The monoisotopic (exact) mass is 189 g/mol. The Morgan fingerprint density at radius 2 is 2.00 bits per heavy atom. The number of phenols is 1. The number of anilines is 1. The average molecular weight is 189 g/mol. The maximum atomic E-state index is 8.78. The zero-order valence-electron chi connectivity index (χ0n) is 6.14. The second-order valence-corrected chi connectivity index (χ2v) is 2.38. The highest BCUT2D eigenvalue weighted by atomic mass is 32.2. The third-order valence-corrected chi connectivity index (χ3v) is 0.870. The summed E-state index contributed by atoms with van der Waals surface area (Å²) in [6.45, 7) is 0. The van der Waals surface area contributed by atoms with E-state index >= 15 is 0 Å². The highest BCUT2D eigenvalue weighted by Gasteiger charge is 1.83. The molecule has 1 unspecified atom stereocenters. The van der Waals surface area contributed by atoms with E-state index in [0.29, 0.717) is 5.69 Å². The standard InChI is InChI=1S/C6H7NO.H3NO2S/c7-5-2-1-3-6(8)4-5;1-4(2)3/h1-4,8H,7H2;1H2,(H,2,3)/p-1. The van der Waals surface area contributed by atoms with Crippen molar-refractivity contribution in [2.45, 2.75) is 0 Å². The van der Waals surface area contributed by atoms with Crippen molar-refractivity contribution >= 4 is 17.0 Å². The Morgan fingerprint density at radius 3 is 2.25 bits per heavy atom. The van der Waals surface area contributed by atoms with Crippen molar-refractivity contribution < 1.29 is 13.9 Å². The zero-order valence-corrected chi connectivity index (χ0v) is 6.95. The van der Waals surface area contributed by atoms with Crippen molar-refractivity contribution in [2.75, 3.05) is 5.73 Å². The summed E-state index contributed by atoms with van der Waals surface area (Å²) in [7, 11) is 0. The van der Waals surface area contributed by atoms with Crippen molar-refractivity contribution in [2.24, 2.45) is 5.14 Å². The SMILES string of the molecule is NS(=O)[O-].Nc1cccc(O)c1. The largest absolute Gasteiger partial charge is 0.760 e. The van der Waals surface area contributed by atoms with Crippen LogP contribution in [-0.4, -0.2) is 13.9 Å². The van der Waals surface area contributed by atoms with Crippen LogP contribution >= 0.6 is 0 Å². The van der Waals surface area contributed by atoms with E-state index in [0.717, 1.165) is 0 Å². The fourth-order valence-corrected chi connectivity index (χ4v) is 0.525. The van der Waals surface area contributed by atoms with Gasteiger partial charge in [0.25, 0.3) is 0 Å². The molecule has 0 saturated carbocycles. The molecule has 68 valence electrons. The maximum absolute atomic E-state index is 8.78. The van der Waals surface area contributed by atoms with Gasteiger partial charge in [0.15, 0.2) is 0 Å². The molecule has 0 heterocycles. The van der Waals surface area contributed by atoms with Crippen molar-refractivity contribution in [3.05, 3.63) is 24.3 Å². The number of benzene rings is 1. The van der Waals surface area contributed by atoms with Gasteiger partial charge in [0.1, 0.15) is 5.75 Å². The van der Waals surface area contributed by atoms with Crippen LogP contribution in [0, 0.1) is 0 Å². The average Bonchev–Trinajstić information content (AvgIpc) is 1.84. The third-order valence-electron chi connectivity index (χ3n) is 0.870. The molecule has 1 rings (SSSR count). The topological polar surface area (TPSA) is 112 Å². The molecule has 0 saturated heterocycles. The summed E-state index contributed by atoms with van der Waals surface area (Å²) < 4.78 is 17.6. The molecule has 12 heavy (non-hydrogen) atoms. The van der Waals surface area contributed by atoms with Crippen molar-refractivity contribution in [1.82, 2.24) is 0 Å². The molecular weight excluding hydrogens is 180 g/mol. The molecular formula is C6H9N2O3S-. The first-order chi connectivity index (χ1) is 5.52. The van der Waals surface area contributed by atoms with E-state index in [1.54, 1.807) is 18.2 Å². The lowest BCUT2D eigenvalue weighted by atomic mass is 10.3. The molecule has 0 aliphatic carbocycles. The van der Waals surface area contributed by atoms with Gasteiger partial charge >= 0.3 is 0 Å². The number of hydrogen-bond donors (Lipinski definition) is 3. The molecule has 0 fully saturated rings. The van der Waals surface area contributed by atoms with E-state index in [9.17, 15) is 0 Å². The summed E-state index contributed by atoms with van der Waals surface area (Å²) in [6.07, 6.45) is 0. The molecule has 0 spiro atoms. The first kappa shape index (κ1) is 10.9.